The Morgan fingerprint density at radius 2 is 1.54 bits per heavy atom. The standard InChI is InChI=1S/C29H25N5O4S/c1-18-15-19(2)31-29(30-18)34-39(36,37)23-13-11-21(12-14-23)32-28(35)25-17-27(20-7-6-8-22(16-20)38-3)33-26-10-5-4-9-24(25)26/h4-17H,1-3H3,(H,32,35)(H,30,31,34). The molecule has 0 aliphatic rings. The SMILES string of the molecule is COc1cccc(-c2cc(C(=O)Nc3ccc(S(=O)(=O)Nc4nc(C)cc(C)n4)cc3)c3ccccc3n2)c1. The van der Waals surface area contributed by atoms with E-state index < -0.39 is 10.0 Å². The quantitative estimate of drug-likeness (QED) is 0.285. The van der Waals surface area contributed by atoms with Crippen molar-refractivity contribution in [2.24, 2.45) is 0 Å². The second-order valence-corrected chi connectivity index (χ2v) is 10.5. The zero-order chi connectivity index (χ0) is 27.6. The summed E-state index contributed by atoms with van der Waals surface area (Å²) in [6, 6.07) is 24.2. The van der Waals surface area contributed by atoms with Crippen LogP contribution in [-0.4, -0.2) is 36.4 Å². The van der Waals surface area contributed by atoms with Crippen LogP contribution in [0.3, 0.4) is 0 Å². The summed E-state index contributed by atoms with van der Waals surface area (Å²) in [4.78, 5) is 26.4. The van der Waals surface area contributed by atoms with Gasteiger partial charge >= 0.3 is 0 Å². The van der Waals surface area contributed by atoms with Gasteiger partial charge in [-0.05, 0) is 68.4 Å². The van der Waals surface area contributed by atoms with E-state index in [0.717, 1.165) is 5.56 Å². The molecule has 0 spiro atoms. The molecule has 0 aliphatic carbocycles. The average Bonchev–Trinajstić information content (AvgIpc) is 2.92. The van der Waals surface area contributed by atoms with Crippen LogP contribution in [0, 0.1) is 13.8 Å². The number of anilines is 2. The van der Waals surface area contributed by atoms with Crippen LogP contribution in [0.5, 0.6) is 5.75 Å². The fraction of sp³-hybridized carbons (Fsp3) is 0.103. The number of carbonyl (C=O) groups is 1. The third-order valence-corrected chi connectivity index (χ3v) is 7.30. The van der Waals surface area contributed by atoms with Gasteiger partial charge in [-0.15, -0.1) is 0 Å². The van der Waals surface area contributed by atoms with Crippen LogP contribution in [-0.2, 0) is 10.0 Å². The first kappa shape index (κ1) is 25.8. The van der Waals surface area contributed by atoms with E-state index in [1.807, 2.05) is 48.5 Å². The first-order valence-electron chi connectivity index (χ1n) is 12.0. The van der Waals surface area contributed by atoms with Gasteiger partial charge in [0.1, 0.15) is 5.75 Å². The number of benzene rings is 3. The maximum Gasteiger partial charge on any atom is 0.264 e. The van der Waals surface area contributed by atoms with E-state index in [-0.39, 0.29) is 16.8 Å². The first-order valence-corrected chi connectivity index (χ1v) is 13.5. The number of sulfonamides is 1. The van der Waals surface area contributed by atoms with Gasteiger partial charge < -0.3 is 10.1 Å². The number of ether oxygens (including phenoxy) is 1. The Morgan fingerprint density at radius 3 is 2.26 bits per heavy atom. The molecule has 5 rings (SSSR count). The molecule has 5 aromatic rings. The number of rotatable bonds is 7. The summed E-state index contributed by atoms with van der Waals surface area (Å²) in [5.74, 6) is 0.332. The summed E-state index contributed by atoms with van der Waals surface area (Å²) >= 11 is 0. The van der Waals surface area contributed by atoms with Crippen molar-refractivity contribution in [3.05, 3.63) is 102 Å². The van der Waals surface area contributed by atoms with Crippen LogP contribution in [0.2, 0.25) is 0 Å². The lowest BCUT2D eigenvalue weighted by molar-refractivity contribution is 0.102. The van der Waals surface area contributed by atoms with Crippen LogP contribution in [0.15, 0.2) is 89.8 Å². The van der Waals surface area contributed by atoms with E-state index in [1.54, 1.807) is 33.1 Å². The molecular formula is C29H25N5O4S. The number of carbonyl (C=O) groups excluding carboxylic acids is 1. The molecule has 3 aromatic carbocycles. The van der Waals surface area contributed by atoms with Gasteiger partial charge in [0.2, 0.25) is 5.95 Å². The number of amides is 1. The van der Waals surface area contributed by atoms with Crippen molar-refractivity contribution in [3.8, 4) is 17.0 Å². The molecule has 39 heavy (non-hydrogen) atoms. The summed E-state index contributed by atoms with van der Waals surface area (Å²) in [5, 5.41) is 3.56. The molecular weight excluding hydrogens is 514 g/mol. The van der Waals surface area contributed by atoms with Gasteiger partial charge in [0.25, 0.3) is 15.9 Å². The number of aryl methyl sites for hydroxylation is 2. The Labute approximate surface area is 226 Å². The predicted octanol–water partition coefficient (Wildman–Crippen LogP) is 5.37. The number of methoxy groups -OCH3 is 1. The third-order valence-electron chi connectivity index (χ3n) is 5.96. The van der Waals surface area contributed by atoms with E-state index in [1.165, 1.54) is 24.3 Å². The summed E-state index contributed by atoms with van der Waals surface area (Å²) in [6.07, 6.45) is 0. The molecule has 2 N–H and O–H groups in total. The van der Waals surface area contributed by atoms with E-state index in [4.69, 9.17) is 9.72 Å². The molecule has 1 amide bonds. The number of fused-ring (bicyclic) bond motifs is 1. The zero-order valence-corrected chi connectivity index (χ0v) is 22.3. The van der Waals surface area contributed by atoms with E-state index >= 15 is 0 Å². The minimum atomic E-state index is -3.92. The van der Waals surface area contributed by atoms with Crippen LogP contribution in [0.4, 0.5) is 11.6 Å². The molecule has 0 saturated carbocycles. The maximum absolute atomic E-state index is 13.4. The van der Waals surface area contributed by atoms with E-state index in [9.17, 15) is 13.2 Å². The van der Waals surface area contributed by atoms with Crippen LogP contribution >= 0.6 is 0 Å². The molecule has 0 bridgehead atoms. The van der Waals surface area contributed by atoms with Gasteiger partial charge in [-0.25, -0.2) is 28.1 Å². The number of para-hydroxylation sites is 1. The minimum Gasteiger partial charge on any atom is -0.497 e. The second kappa shape index (κ2) is 10.5. The number of aromatic nitrogens is 3. The summed E-state index contributed by atoms with van der Waals surface area (Å²) in [7, 11) is -2.33. The van der Waals surface area contributed by atoms with Crippen molar-refractivity contribution in [1.82, 2.24) is 15.0 Å². The second-order valence-electron chi connectivity index (χ2n) is 8.86. The Hall–Kier alpha value is -4.83. The van der Waals surface area contributed by atoms with Gasteiger partial charge in [-0.3, -0.25) is 4.79 Å². The molecule has 2 aromatic heterocycles. The number of hydrogen-bond acceptors (Lipinski definition) is 7. The fourth-order valence-corrected chi connectivity index (χ4v) is 5.10. The molecule has 10 heteroatoms. The lowest BCUT2D eigenvalue weighted by Gasteiger charge is -2.12. The Kier molecular flexibility index (Phi) is 6.95. The number of nitrogens with one attached hydrogen (secondary N) is 2. The molecule has 0 atom stereocenters. The van der Waals surface area contributed by atoms with Crippen LogP contribution in [0.1, 0.15) is 21.7 Å². The predicted molar refractivity (Wildman–Crippen MR) is 150 cm³/mol. The van der Waals surface area contributed by atoms with Gasteiger partial charge in [0, 0.05) is 28.0 Å². The summed E-state index contributed by atoms with van der Waals surface area (Å²) < 4.78 is 33.4. The van der Waals surface area contributed by atoms with Crippen molar-refractivity contribution in [3.63, 3.8) is 0 Å². The molecule has 2 heterocycles. The van der Waals surface area contributed by atoms with Crippen molar-refractivity contribution in [2.75, 3.05) is 17.1 Å². The molecule has 0 radical (unpaired) electrons. The fourth-order valence-electron chi connectivity index (χ4n) is 4.16. The smallest absolute Gasteiger partial charge is 0.264 e. The van der Waals surface area contributed by atoms with E-state index in [2.05, 4.69) is 20.0 Å². The van der Waals surface area contributed by atoms with Crippen molar-refractivity contribution in [2.45, 2.75) is 18.7 Å². The topological polar surface area (TPSA) is 123 Å². The molecule has 0 unspecified atom stereocenters. The lowest BCUT2D eigenvalue weighted by Crippen LogP contribution is -2.16. The number of pyridine rings is 1. The highest BCUT2D eigenvalue weighted by atomic mass is 32.2. The highest BCUT2D eigenvalue weighted by Gasteiger charge is 2.18. The Bertz CT molecular complexity index is 1790. The van der Waals surface area contributed by atoms with Gasteiger partial charge in [0.15, 0.2) is 0 Å². The summed E-state index contributed by atoms with van der Waals surface area (Å²) in [6.45, 7) is 3.52. The van der Waals surface area contributed by atoms with Gasteiger partial charge in [0.05, 0.1) is 28.8 Å². The summed E-state index contributed by atoms with van der Waals surface area (Å²) in [5.41, 5.74) is 4.27. The Morgan fingerprint density at radius 1 is 0.821 bits per heavy atom. The Balaban J connectivity index is 1.41. The zero-order valence-electron chi connectivity index (χ0n) is 21.5. The van der Waals surface area contributed by atoms with Crippen LogP contribution < -0.4 is 14.8 Å². The van der Waals surface area contributed by atoms with E-state index in [0.29, 0.717) is 45.0 Å². The third kappa shape index (κ3) is 5.70. The average molecular weight is 540 g/mol. The normalized spacial score (nSPS) is 11.3. The first-order chi connectivity index (χ1) is 18.7. The molecule has 0 saturated heterocycles. The lowest BCUT2D eigenvalue weighted by atomic mass is 10.0. The highest BCUT2D eigenvalue weighted by molar-refractivity contribution is 7.92. The van der Waals surface area contributed by atoms with Crippen molar-refractivity contribution >= 4 is 38.5 Å². The highest BCUT2D eigenvalue weighted by Crippen LogP contribution is 2.28. The van der Waals surface area contributed by atoms with Crippen molar-refractivity contribution in [1.29, 1.82) is 0 Å². The van der Waals surface area contributed by atoms with Crippen molar-refractivity contribution < 1.29 is 17.9 Å². The minimum absolute atomic E-state index is 0.00119. The van der Waals surface area contributed by atoms with Gasteiger partial charge in [-0.2, -0.15) is 0 Å². The monoisotopic (exact) mass is 539 g/mol. The number of hydrogen-bond donors (Lipinski definition) is 2. The molecule has 0 fully saturated rings. The molecule has 9 nitrogen and oxygen atoms in total. The number of nitrogens with zero attached hydrogens (tertiary/aromatic N) is 3. The van der Waals surface area contributed by atoms with Crippen LogP contribution in [0.25, 0.3) is 22.2 Å². The van der Waals surface area contributed by atoms with Gasteiger partial charge in [-0.1, -0.05) is 30.3 Å². The maximum atomic E-state index is 13.4. The largest absolute Gasteiger partial charge is 0.497 e. The molecule has 196 valence electrons. The molecule has 0 aliphatic heterocycles.